The maximum absolute atomic E-state index is 12.4. The minimum Gasteiger partial charge on any atom is -0.481 e. The van der Waals surface area contributed by atoms with Crippen LogP contribution >= 0.6 is 0 Å². The van der Waals surface area contributed by atoms with Crippen LogP contribution in [0.5, 0.6) is 0 Å². The van der Waals surface area contributed by atoms with E-state index in [2.05, 4.69) is 10.6 Å². The summed E-state index contributed by atoms with van der Waals surface area (Å²) in [6.45, 7) is 14.5. The van der Waals surface area contributed by atoms with Crippen molar-refractivity contribution in [3.05, 3.63) is 0 Å². The number of hydrogen-bond donors (Lipinski definition) is 6. The van der Waals surface area contributed by atoms with E-state index < -0.39 is 47.3 Å². The molecule has 0 fully saturated rings. The van der Waals surface area contributed by atoms with Gasteiger partial charge in [-0.25, -0.2) is 9.59 Å². The van der Waals surface area contributed by atoms with Gasteiger partial charge in [-0.05, 0) is 80.3 Å². The molecule has 12 nitrogen and oxygen atoms in total. The molecule has 0 aromatic heterocycles. The van der Waals surface area contributed by atoms with E-state index in [-0.39, 0.29) is 0 Å². The molecule has 0 spiro atoms. The molecule has 0 aliphatic heterocycles. The number of rotatable bonds is 11. The van der Waals surface area contributed by atoms with Gasteiger partial charge in [-0.2, -0.15) is 0 Å². The van der Waals surface area contributed by atoms with Crippen molar-refractivity contribution in [3.8, 4) is 0 Å². The van der Waals surface area contributed by atoms with Gasteiger partial charge in [0.25, 0.3) is 11.9 Å². The SMILES string of the molecule is CC(=O)O.CC(=O)O.CC(C)(C)OC(=O)N[C@@H](CCCCNC[C@H](O)CCN)C(=O)OC(C)(C)C. The van der Waals surface area contributed by atoms with Crippen LogP contribution in [0.4, 0.5) is 4.79 Å². The van der Waals surface area contributed by atoms with E-state index >= 15 is 0 Å². The molecule has 0 unspecified atom stereocenters. The Kier molecular flexibility index (Phi) is 21.0. The number of carbonyl (C=O) groups is 4. The number of carboxylic acid groups (broad SMARTS) is 2. The Bertz CT molecular complexity index is 594. The first-order valence-corrected chi connectivity index (χ1v) is 11.5. The van der Waals surface area contributed by atoms with Gasteiger partial charge in [0.1, 0.15) is 17.2 Å². The van der Waals surface area contributed by atoms with Crippen molar-refractivity contribution in [1.82, 2.24) is 10.6 Å². The van der Waals surface area contributed by atoms with Crippen molar-refractivity contribution in [2.75, 3.05) is 19.6 Å². The largest absolute Gasteiger partial charge is 0.481 e. The lowest BCUT2D eigenvalue weighted by Gasteiger charge is -2.26. The van der Waals surface area contributed by atoms with E-state index in [1.54, 1.807) is 41.5 Å². The molecule has 0 aliphatic rings. The van der Waals surface area contributed by atoms with Gasteiger partial charge >= 0.3 is 12.1 Å². The summed E-state index contributed by atoms with van der Waals surface area (Å²) < 4.78 is 10.6. The van der Waals surface area contributed by atoms with Crippen LogP contribution in [0.3, 0.4) is 0 Å². The standard InChI is InChI=1S/C19H39N3O5.2C2H4O2/c1-18(2,3)26-16(24)15(22-17(25)27-19(4,5)6)9-7-8-12-21-13-14(23)10-11-20;2*1-2(3)4/h14-15,21,23H,7-13,20H2,1-6H3,(H,22,25);2*1H3,(H,3,4)/t14-,15+;;/m1../s1. The number of aliphatic hydroxyl groups excluding tert-OH is 1. The van der Waals surface area contributed by atoms with Crippen LogP contribution in [-0.4, -0.2) is 82.3 Å². The van der Waals surface area contributed by atoms with Gasteiger partial charge in [0.15, 0.2) is 0 Å². The lowest BCUT2D eigenvalue weighted by atomic mass is 10.1. The number of aliphatic hydroxyl groups is 1. The molecule has 208 valence electrons. The first-order valence-electron chi connectivity index (χ1n) is 11.5. The number of carbonyl (C=O) groups excluding carboxylic acids is 2. The highest BCUT2D eigenvalue weighted by Gasteiger charge is 2.28. The van der Waals surface area contributed by atoms with E-state index in [1.165, 1.54) is 0 Å². The summed E-state index contributed by atoms with van der Waals surface area (Å²) in [5, 5.41) is 30.2. The van der Waals surface area contributed by atoms with Crippen LogP contribution < -0.4 is 16.4 Å². The second kappa shape index (κ2) is 19.8. The van der Waals surface area contributed by atoms with Gasteiger partial charge in [-0.3, -0.25) is 9.59 Å². The van der Waals surface area contributed by atoms with E-state index in [9.17, 15) is 14.7 Å². The molecule has 0 heterocycles. The molecule has 0 rings (SSSR count). The Morgan fingerprint density at radius 2 is 1.31 bits per heavy atom. The minimum atomic E-state index is -0.833. The fourth-order valence-corrected chi connectivity index (χ4v) is 2.23. The van der Waals surface area contributed by atoms with Crippen LogP contribution in [0.15, 0.2) is 0 Å². The topological polar surface area (TPSA) is 198 Å². The third kappa shape index (κ3) is 36.3. The molecule has 0 saturated carbocycles. The molecule has 7 N–H and O–H groups in total. The van der Waals surface area contributed by atoms with Gasteiger partial charge < -0.3 is 41.2 Å². The van der Waals surface area contributed by atoms with Crippen molar-refractivity contribution in [2.24, 2.45) is 5.73 Å². The Morgan fingerprint density at radius 1 is 0.857 bits per heavy atom. The number of carboxylic acids is 2. The number of nitrogens with one attached hydrogen (secondary N) is 2. The molecule has 12 heteroatoms. The first-order chi connectivity index (χ1) is 15.8. The van der Waals surface area contributed by atoms with Gasteiger partial charge in [-0.15, -0.1) is 0 Å². The first kappa shape index (κ1) is 37.1. The summed E-state index contributed by atoms with van der Waals surface area (Å²) in [7, 11) is 0. The van der Waals surface area contributed by atoms with Gasteiger partial charge in [-0.1, -0.05) is 0 Å². The maximum atomic E-state index is 12.4. The molecular weight excluding hydrogens is 462 g/mol. The molecule has 35 heavy (non-hydrogen) atoms. The number of unbranched alkanes of at least 4 members (excludes halogenated alkanes) is 1. The van der Waals surface area contributed by atoms with Crippen LogP contribution in [0.25, 0.3) is 0 Å². The molecule has 0 bridgehead atoms. The predicted molar refractivity (Wildman–Crippen MR) is 132 cm³/mol. The van der Waals surface area contributed by atoms with Crippen LogP contribution in [0, 0.1) is 0 Å². The maximum Gasteiger partial charge on any atom is 0.408 e. The predicted octanol–water partition coefficient (Wildman–Crippen LogP) is 1.87. The number of hydrogen-bond acceptors (Lipinski definition) is 9. The molecule has 0 radical (unpaired) electrons. The van der Waals surface area contributed by atoms with Crippen LogP contribution in [-0.2, 0) is 23.9 Å². The molecule has 0 saturated heterocycles. The Hall–Kier alpha value is -2.44. The van der Waals surface area contributed by atoms with Crippen molar-refractivity contribution < 1.29 is 44.0 Å². The smallest absolute Gasteiger partial charge is 0.408 e. The summed E-state index contributed by atoms with van der Waals surface area (Å²) >= 11 is 0. The van der Waals surface area contributed by atoms with Crippen molar-refractivity contribution >= 4 is 24.0 Å². The number of ether oxygens (including phenoxy) is 2. The highest BCUT2D eigenvalue weighted by molar-refractivity contribution is 5.81. The number of amides is 1. The zero-order valence-electron chi connectivity index (χ0n) is 22.5. The lowest BCUT2D eigenvalue weighted by molar-refractivity contribution is -0.157. The second-order valence-corrected chi connectivity index (χ2v) is 9.70. The number of alkyl carbamates (subject to hydrolysis) is 1. The Balaban J connectivity index is -0.00000110. The highest BCUT2D eigenvalue weighted by Crippen LogP contribution is 2.13. The molecular formula is C23H47N3O9. The third-order valence-corrected chi connectivity index (χ3v) is 3.36. The molecule has 1 amide bonds. The summed E-state index contributed by atoms with van der Waals surface area (Å²) in [5.41, 5.74) is 4.11. The average Bonchev–Trinajstić information content (AvgIpc) is 2.59. The normalized spacial score (nSPS) is 12.5. The summed E-state index contributed by atoms with van der Waals surface area (Å²) in [4.78, 5) is 42.4. The number of esters is 1. The quantitative estimate of drug-likeness (QED) is 0.175. The van der Waals surface area contributed by atoms with E-state index in [4.69, 9.17) is 35.0 Å². The highest BCUT2D eigenvalue weighted by atomic mass is 16.6. The number of nitrogens with two attached hydrogens (primary N) is 1. The molecule has 2 atom stereocenters. The average molecular weight is 510 g/mol. The van der Waals surface area contributed by atoms with E-state index in [0.717, 1.165) is 20.3 Å². The molecule has 0 aliphatic carbocycles. The zero-order chi connectivity index (χ0) is 28.2. The van der Waals surface area contributed by atoms with Crippen LogP contribution in [0.1, 0.15) is 81.1 Å². The van der Waals surface area contributed by atoms with Crippen molar-refractivity contribution in [2.45, 2.75) is 104 Å². The van der Waals surface area contributed by atoms with Gasteiger partial charge in [0.2, 0.25) is 0 Å². The zero-order valence-corrected chi connectivity index (χ0v) is 22.5. The molecule has 0 aromatic carbocycles. The Labute approximate surface area is 208 Å². The fraction of sp³-hybridized carbons (Fsp3) is 0.826. The second-order valence-electron chi connectivity index (χ2n) is 9.70. The summed E-state index contributed by atoms with van der Waals surface area (Å²) in [6, 6.07) is -0.762. The van der Waals surface area contributed by atoms with Crippen LogP contribution in [0.2, 0.25) is 0 Å². The third-order valence-electron chi connectivity index (χ3n) is 3.36. The van der Waals surface area contributed by atoms with E-state index in [0.29, 0.717) is 38.9 Å². The minimum absolute atomic E-state index is 0.446. The number of aliphatic carboxylic acids is 2. The summed E-state index contributed by atoms with van der Waals surface area (Å²) in [6.07, 6.45) is 1.43. The van der Waals surface area contributed by atoms with Crippen molar-refractivity contribution in [3.63, 3.8) is 0 Å². The fourth-order valence-electron chi connectivity index (χ4n) is 2.23. The summed E-state index contributed by atoms with van der Waals surface area (Å²) in [5.74, 6) is -2.14. The Morgan fingerprint density at radius 3 is 1.71 bits per heavy atom. The molecule has 0 aromatic rings. The van der Waals surface area contributed by atoms with Gasteiger partial charge in [0, 0.05) is 20.4 Å². The van der Waals surface area contributed by atoms with Gasteiger partial charge in [0.05, 0.1) is 6.10 Å². The van der Waals surface area contributed by atoms with Crippen molar-refractivity contribution in [1.29, 1.82) is 0 Å². The van der Waals surface area contributed by atoms with E-state index in [1.807, 2.05) is 0 Å². The lowest BCUT2D eigenvalue weighted by Crippen LogP contribution is -2.46. The monoisotopic (exact) mass is 509 g/mol.